The van der Waals surface area contributed by atoms with Crippen LogP contribution in [0, 0.1) is 0 Å². The Morgan fingerprint density at radius 1 is 1.53 bits per heavy atom. The fourth-order valence-corrected chi connectivity index (χ4v) is 2.63. The van der Waals surface area contributed by atoms with E-state index < -0.39 is 14.3 Å². The Bertz CT molecular complexity index is 208. The molecule has 1 aliphatic heterocycles. The van der Waals surface area contributed by atoms with Gasteiger partial charge in [-0.05, 0) is 26.4 Å². The molecule has 3 unspecified atom stereocenters. The van der Waals surface area contributed by atoms with Crippen LogP contribution >= 0.6 is 0 Å². The smallest absolute Gasteiger partial charge is 0.334 e. The van der Waals surface area contributed by atoms with E-state index in [2.05, 4.69) is 13.5 Å². The first-order valence-corrected chi connectivity index (χ1v) is 7.96. The van der Waals surface area contributed by atoms with Gasteiger partial charge in [0.05, 0.1) is 19.3 Å². The maximum absolute atomic E-state index is 5.83. The standard InChI is InChI=1S/C10H22O4Si/c1-6-15(5,11-4)13-8-10(3)12-7-9(2)14-10/h9H,6-8H2,1-5H3. The van der Waals surface area contributed by atoms with Gasteiger partial charge < -0.3 is 18.3 Å². The Balaban J connectivity index is 2.42. The van der Waals surface area contributed by atoms with Crippen LogP contribution in [0.2, 0.25) is 12.6 Å². The third-order valence-electron chi connectivity index (χ3n) is 2.79. The quantitative estimate of drug-likeness (QED) is 0.681. The van der Waals surface area contributed by atoms with Crippen LogP contribution in [0.15, 0.2) is 0 Å². The van der Waals surface area contributed by atoms with Gasteiger partial charge in [0.15, 0.2) is 5.79 Å². The fourth-order valence-electron chi connectivity index (χ4n) is 1.45. The minimum Gasteiger partial charge on any atom is -0.398 e. The predicted octanol–water partition coefficient (Wildman–Crippen LogP) is 1.89. The lowest BCUT2D eigenvalue weighted by Gasteiger charge is -2.29. The maximum Gasteiger partial charge on any atom is 0.334 e. The van der Waals surface area contributed by atoms with Gasteiger partial charge in [-0.25, -0.2) is 0 Å². The van der Waals surface area contributed by atoms with Crippen molar-refractivity contribution in [3.05, 3.63) is 0 Å². The zero-order chi connectivity index (χ0) is 11.5. The van der Waals surface area contributed by atoms with Crippen molar-refractivity contribution >= 4 is 8.56 Å². The lowest BCUT2D eigenvalue weighted by molar-refractivity contribution is -0.175. The van der Waals surface area contributed by atoms with Gasteiger partial charge in [0, 0.05) is 7.11 Å². The van der Waals surface area contributed by atoms with Crippen LogP contribution in [-0.2, 0) is 18.3 Å². The zero-order valence-corrected chi connectivity index (χ0v) is 11.3. The van der Waals surface area contributed by atoms with Gasteiger partial charge in [0.2, 0.25) is 0 Å². The first-order chi connectivity index (χ1) is 6.93. The molecule has 1 rings (SSSR count). The first kappa shape index (κ1) is 13.1. The topological polar surface area (TPSA) is 36.9 Å². The lowest BCUT2D eigenvalue weighted by Crippen LogP contribution is -2.43. The van der Waals surface area contributed by atoms with Gasteiger partial charge in [-0.15, -0.1) is 0 Å². The molecule has 0 bridgehead atoms. The number of rotatable bonds is 5. The Morgan fingerprint density at radius 2 is 2.20 bits per heavy atom. The molecule has 3 atom stereocenters. The summed E-state index contributed by atoms with van der Waals surface area (Å²) in [4.78, 5) is 0. The summed E-state index contributed by atoms with van der Waals surface area (Å²) in [5, 5.41) is 0. The average molecular weight is 234 g/mol. The van der Waals surface area contributed by atoms with Gasteiger partial charge in [0.25, 0.3) is 0 Å². The van der Waals surface area contributed by atoms with Crippen molar-refractivity contribution in [2.75, 3.05) is 20.3 Å². The van der Waals surface area contributed by atoms with E-state index in [4.69, 9.17) is 18.3 Å². The highest BCUT2D eigenvalue weighted by atomic mass is 28.4. The molecule has 1 fully saturated rings. The van der Waals surface area contributed by atoms with Crippen LogP contribution in [0.4, 0.5) is 0 Å². The summed E-state index contributed by atoms with van der Waals surface area (Å²) in [5.74, 6) is -0.596. The van der Waals surface area contributed by atoms with E-state index in [1.165, 1.54) is 0 Å². The van der Waals surface area contributed by atoms with Crippen LogP contribution in [0.5, 0.6) is 0 Å². The highest BCUT2D eigenvalue weighted by molar-refractivity contribution is 6.65. The van der Waals surface area contributed by atoms with Crippen molar-refractivity contribution in [3.8, 4) is 0 Å². The molecule has 0 aliphatic carbocycles. The third-order valence-corrected chi connectivity index (χ3v) is 5.69. The van der Waals surface area contributed by atoms with Gasteiger partial charge >= 0.3 is 8.56 Å². The van der Waals surface area contributed by atoms with Crippen LogP contribution in [-0.4, -0.2) is 40.8 Å². The number of hydrogen-bond donors (Lipinski definition) is 0. The number of ether oxygens (including phenoxy) is 2. The van der Waals surface area contributed by atoms with Crippen molar-refractivity contribution in [1.82, 2.24) is 0 Å². The summed E-state index contributed by atoms with van der Waals surface area (Å²) in [7, 11) is -0.288. The largest absolute Gasteiger partial charge is 0.398 e. The summed E-state index contributed by atoms with van der Waals surface area (Å²) < 4.78 is 22.5. The summed E-state index contributed by atoms with van der Waals surface area (Å²) >= 11 is 0. The molecule has 4 nitrogen and oxygen atoms in total. The summed E-state index contributed by atoms with van der Waals surface area (Å²) in [6, 6.07) is 0.926. The molecule has 0 saturated carbocycles. The van der Waals surface area contributed by atoms with Gasteiger partial charge in [0.1, 0.15) is 0 Å². The SMILES string of the molecule is CC[Si](C)(OC)OCC1(C)OCC(C)O1. The molecule has 0 amide bonds. The van der Waals surface area contributed by atoms with E-state index in [9.17, 15) is 0 Å². The molecule has 1 aliphatic rings. The lowest BCUT2D eigenvalue weighted by atomic mass is 10.3. The maximum atomic E-state index is 5.83. The van der Waals surface area contributed by atoms with Crippen molar-refractivity contribution in [2.45, 2.75) is 45.3 Å². The molecule has 5 heteroatoms. The van der Waals surface area contributed by atoms with Crippen LogP contribution in [0.3, 0.4) is 0 Å². The van der Waals surface area contributed by atoms with Gasteiger partial charge in [-0.3, -0.25) is 0 Å². The Hall–Kier alpha value is 0.0569. The second-order valence-corrected chi connectivity index (χ2v) is 8.03. The van der Waals surface area contributed by atoms with Crippen molar-refractivity contribution in [3.63, 3.8) is 0 Å². The average Bonchev–Trinajstić information content (AvgIpc) is 2.56. The minimum absolute atomic E-state index is 0.149. The Labute approximate surface area is 93.1 Å². The van der Waals surface area contributed by atoms with E-state index in [0.29, 0.717) is 13.2 Å². The van der Waals surface area contributed by atoms with E-state index in [-0.39, 0.29) is 6.10 Å². The molecule has 0 aromatic rings. The molecule has 1 saturated heterocycles. The minimum atomic E-state index is -1.99. The van der Waals surface area contributed by atoms with Crippen LogP contribution in [0.25, 0.3) is 0 Å². The molecule has 0 N–H and O–H groups in total. The third kappa shape index (κ3) is 3.53. The van der Waals surface area contributed by atoms with Gasteiger partial charge in [-0.1, -0.05) is 6.92 Å². The second kappa shape index (κ2) is 4.93. The second-order valence-electron chi connectivity index (χ2n) is 4.35. The first-order valence-electron chi connectivity index (χ1n) is 5.44. The molecule has 0 aromatic heterocycles. The van der Waals surface area contributed by atoms with E-state index in [1.807, 2.05) is 13.8 Å². The van der Waals surface area contributed by atoms with Gasteiger partial charge in [-0.2, -0.15) is 0 Å². The fraction of sp³-hybridized carbons (Fsp3) is 1.00. The van der Waals surface area contributed by atoms with E-state index >= 15 is 0 Å². The van der Waals surface area contributed by atoms with Crippen molar-refractivity contribution in [2.24, 2.45) is 0 Å². The molecule has 90 valence electrons. The normalized spacial score (nSPS) is 35.4. The Kier molecular flexibility index (Phi) is 4.31. The molecule has 1 heterocycles. The summed E-state index contributed by atoms with van der Waals surface area (Å²) in [5.41, 5.74) is 0. The highest BCUT2D eigenvalue weighted by Gasteiger charge is 2.39. The monoisotopic (exact) mass is 234 g/mol. The summed E-state index contributed by atoms with van der Waals surface area (Å²) in [6.07, 6.45) is 0.149. The van der Waals surface area contributed by atoms with Crippen molar-refractivity contribution in [1.29, 1.82) is 0 Å². The molecular formula is C10H22O4Si. The van der Waals surface area contributed by atoms with Crippen LogP contribution in [0.1, 0.15) is 20.8 Å². The number of hydrogen-bond acceptors (Lipinski definition) is 4. The van der Waals surface area contributed by atoms with Crippen LogP contribution < -0.4 is 0 Å². The zero-order valence-electron chi connectivity index (χ0n) is 10.3. The molecule has 0 spiro atoms. The predicted molar refractivity (Wildman–Crippen MR) is 60.0 cm³/mol. The molecular weight excluding hydrogens is 212 g/mol. The van der Waals surface area contributed by atoms with E-state index in [1.54, 1.807) is 7.11 Å². The molecule has 15 heavy (non-hydrogen) atoms. The molecule has 0 aromatic carbocycles. The van der Waals surface area contributed by atoms with E-state index in [0.717, 1.165) is 6.04 Å². The summed E-state index contributed by atoms with van der Waals surface area (Å²) in [6.45, 7) is 9.12. The van der Waals surface area contributed by atoms with Crippen molar-refractivity contribution < 1.29 is 18.3 Å². The Morgan fingerprint density at radius 3 is 2.60 bits per heavy atom. The highest BCUT2D eigenvalue weighted by Crippen LogP contribution is 2.25. The molecule has 0 radical (unpaired) electrons.